The van der Waals surface area contributed by atoms with E-state index in [1.165, 1.54) is 24.0 Å². The Labute approximate surface area is 199 Å². The highest BCUT2D eigenvalue weighted by Crippen LogP contribution is 2.20. The number of ether oxygens (including phenoxy) is 1. The van der Waals surface area contributed by atoms with Crippen molar-refractivity contribution in [2.75, 3.05) is 19.7 Å². The van der Waals surface area contributed by atoms with Crippen LogP contribution in [0.25, 0.3) is 0 Å². The van der Waals surface area contributed by atoms with Crippen molar-refractivity contribution in [1.82, 2.24) is 15.6 Å². The minimum absolute atomic E-state index is 0.0530. The van der Waals surface area contributed by atoms with Gasteiger partial charge in [0.1, 0.15) is 17.6 Å². The van der Waals surface area contributed by atoms with Gasteiger partial charge in [-0.1, -0.05) is 38.0 Å². The maximum Gasteiger partial charge on any atom is 0.328 e. The van der Waals surface area contributed by atoms with Crippen molar-refractivity contribution in [2.45, 2.75) is 65.5 Å². The van der Waals surface area contributed by atoms with Crippen molar-refractivity contribution >= 4 is 29.2 Å². The van der Waals surface area contributed by atoms with Gasteiger partial charge in [0.2, 0.25) is 0 Å². The quantitative estimate of drug-likeness (QED) is 0.208. The fraction of sp³-hybridized carbons (Fsp3) is 0.636. The third kappa shape index (κ3) is 18.7. The SMILES string of the molecule is CC(C)CCCCNC(=O)c1cnc(OCC(O)CNC(C)(C)C)s1.O=C(O)/C=C\C(=O)O. The molecule has 0 saturated carbocycles. The van der Waals surface area contributed by atoms with Crippen molar-refractivity contribution in [3.8, 4) is 5.19 Å². The number of carboxylic acids is 2. The first-order valence-electron chi connectivity index (χ1n) is 10.7. The van der Waals surface area contributed by atoms with E-state index in [0.717, 1.165) is 12.8 Å². The number of carboxylic acid groups (broad SMARTS) is 2. The monoisotopic (exact) mass is 487 g/mol. The number of aromatic nitrogens is 1. The van der Waals surface area contributed by atoms with Crippen LogP contribution in [0.3, 0.4) is 0 Å². The molecule has 0 aromatic carbocycles. The van der Waals surface area contributed by atoms with Gasteiger partial charge in [-0.05, 0) is 33.1 Å². The number of unbranched alkanes of at least 4 members (excludes halogenated alkanes) is 1. The van der Waals surface area contributed by atoms with Crippen LogP contribution in [0.1, 0.15) is 63.6 Å². The Balaban J connectivity index is 0.00000109. The van der Waals surface area contributed by atoms with Crippen molar-refractivity contribution in [1.29, 1.82) is 0 Å². The maximum atomic E-state index is 12.1. The van der Waals surface area contributed by atoms with Gasteiger partial charge in [-0.25, -0.2) is 14.6 Å². The van der Waals surface area contributed by atoms with Crippen LogP contribution in [0.15, 0.2) is 18.3 Å². The van der Waals surface area contributed by atoms with E-state index in [-0.39, 0.29) is 18.1 Å². The molecule has 0 saturated heterocycles. The van der Waals surface area contributed by atoms with E-state index >= 15 is 0 Å². The summed E-state index contributed by atoms with van der Waals surface area (Å²) in [5, 5.41) is 32.0. The minimum atomic E-state index is -1.26. The van der Waals surface area contributed by atoms with E-state index in [1.54, 1.807) is 0 Å². The number of β-amino-alcohol motifs (C(OH)–C–C–N with tert-alkyl or cyclic N) is 1. The fourth-order valence-electron chi connectivity index (χ4n) is 2.19. The predicted molar refractivity (Wildman–Crippen MR) is 127 cm³/mol. The first kappa shape index (κ1) is 30.5. The van der Waals surface area contributed by atoms with Gasteiger partial charge in [0.15, 0.2) is 0 Å². The molecule has 0 bridgehead atoms. The van der Waals surface area contributed by atoms with Gasteiger partial charge in [0.25, 0.3) is 11.1 Å². The third-order valence-corrected chi connectivity index (χ3v) is 4.75. The van der Waals surface area contributed by atoms with E-state index in [0.29, 0.717) is 41.2 Å². The van der Waals surface area contributed by atoms with Crippen LogP contribution in [0.2, 0.25) is 0 Å². The maximum absolute atomic E-state index is 12.1. The molecule has 0 aliphatic carbocycles. The average Bonchev–Trinajstić information content (AvgIpc) is 3.17. The second-order valence-electron chi connectivity index (χ2n) is 8.74. The fourth-order valence-corrected chi connectivity index (χ4v) is 2.88. The van der Waals surface area contributed by atoms with Crippen molar-refractivity contribution in [3.05, 3.63) is 23.2 Å². The zero-order valence-electron chi connectivity index (χ0n) is 20.0. The number of carbonyl (C=O) groups excluding carboxylic acids is 1. The lowest BCUT2D eigenvalue weighted by atomic mass is 10.1. The average molecular weight is 488 g/mol. The highest BCUT2D eigenvalue weighted by molar-refractivity contribution is 7.15. The molecule has 1 atom stereocenters. The van der Waals surface area contributed by atoms with Crippen LogP contribution >= 0.6 is 11.3 Å². The second kappa shape index (κ2) is 16.2. The lowest BCUT2D eigenvalue weighted by molar-refractivity contribution is -0.134. The van der Waals surface area contributed by atoms with Gasteiger partial charge in [-0.15, -0.1) is 0 Å². The Kier molecular flexibility index (Phi) is 14.9. The first-order chi connectivity index (χ1) is 15.3. The molecule has 5 N–H and O–H groups in total. The van der Waals surface area contributed by atoms with Gasteiger partial charge in [-0.3, -0.25) is 4.79 Å². The number of carbonyl (C=O) groups is 3. The van der Waals surface area contributed by atoms with Crippen molar-refractivity contribution in [2.24, 2.45) is 5.92 Å². The molecule has 1 rings (SSSR count). The van der Waals surface area contributed by atoms with Crippen LogP contribution in [0.5, 0.6) is 5.19 Å². The van der Waals surface area contributed by atoms with Crippen molar-refractivity contribution in [3.63, 3.8) is 0 Å². The number of nitrogens with zero attached hydrogens (tertiary/aromatic N) is 1. The summed E-state index contributed by atoms with van der Waals surface area (Å²) in [6.07, 6.45) is 5.30. The van der Waals surface area contributed by atoms with Crippen LogP contribution in [-0.2, 0) is 9.59 Å². The topological polar surface area (TPSA) is 158 Å². The summed E-state index contributed by atoms with van der Waals surface area (Å²) in [5.41, 5.74) is -0.0530. The van der Waals surface area contributed by atoms with Gasteiger partial charge >= 0.3 is 11.9 Å². The van der Waals surface area contributed by atoms with Gasteiger partial charge in [0, 0.05) is 30.8 Å². The molecular formula is C22H37N3O7S. The largest absolute Gasteiger partial charge is 0.478 e. The number of aliphatic hydroxyl groups is 1. The normalized spacial score (nSPS) is 12.2. The van der Waals surface area contributed by atoms with E-state index < -0.39 is 18.0 Å². The summed E-state index contributed by atoms with van der Waals surface area (Å²) in [5.74, 6) is -1.93. The van der Waals surface area contributed by atoms with Crippen LogP contribution in [0.4, 0.5) is 0 Å². The molecule has 10 nitrogen and oxygen atoms in total. The molecule has 0 spiro atoms. The Morgan fingerprint density at radius 3 is 2.27 bits per heavy atom. The predicted octanol–water partition coefficient (Wildman–Crippen LogP) is 2.54. The minimum Gasteiger partial charge on any atom is -0.478 e. The Hall–Kier alpha value is -2.50. The molecule has 1 unspecified atom stereocenters. The number of aliphatic hydroxyl groups excluding tert-OH is 1. The van der Waals surface area contributed by atoms with Gasteiger partial charge < -0.3 is 30.7 Å². The second-order valence-corrected chi connectivity index (χ2v) is 9.73. The lowest BCUT2D eigenvalue weighted by Crippen LogP contribution is -2.42. The summed E-state index contributed by atoms with van der Waals surface area (Å²) in [6.45, 7) is 11.8. The smallest absolute Gasteiger partial charge is 0.328 e. The highest BCUT2D eigenvalue weighted by atomic mass is 32.1. The summed E-state index contributed by atoms with van der Waals surface area (Å²) in [6, 6.07) is 0. The molecule has 1 heterocycles. The number of amides is 1. The van der Waals surface area contributed by atoms with E-state index in [1.807, 2.05) is 20.8 Å². The summed E-state index contributed by atoms with van der Waals surface area (Å²) < 4.78 is 5.47. The molecule has 0 aliphatic heterocycles. The summed E-state index contributed by atoms with van der Waals surface area (Å²) in [4.78, 5) is 35.8. The molecular weight excluding hydrogens is 450 g/mol. The van der Waals surface area contributed by atoms with Gasteiger partial charge in [0.05, 0.1) is 6.20 Å². The standard InChI is InChI=1S/C18H33N3O3S.C4H4O4/c1-13(2)8-6-7-9-19-16(23)15-11-20-17(25-15)24-12-14(22)10-21-18(3,4)5;5-3(6)1-2-4(7)8/h11,13-14,21-22H,6-10,12H2,1-5H3,(H,19,23);1-2H,(H,5,6)(H,7,8)/b;2-1-. The summed E-state index contributed by atoms with van der Waals surface area (Å²) in [7, 11) is 0. The Morgan fingerprint density at radius 2 is 1.76 bits per heavy atom. The van der Waals surface area contributed by atoms with Crippen LogP contribution < -0.4 is 15.4 Å². The number of thiazole rings is 1. The number of nitrogens with one attached hydrogen (secondary N) is 2. The first-order valence-corrected chi connectivity index (χ1v) is 11.6. The molecule has 11 heteroatoms. The molecule has 0 radical (unpaired) electrons. The summed E-state index contributed by atoms with van der Waals surface area (Å²) >= 11 is 1.20. The molecule has 33 heavy (non-hydrogen) atoms. The number of rotatable bonds is 13. The molecule has 188 valence electrons. The molecule has 0 fully saturated rings. The van der Waals surface area contributed by atoms with E-state index in [4.69, 9.17) is 14.9 Å². The van der Waals surface area contributed by atoms with E-state index in [2.05, 4.69) is 29.5 Å². The zero-order chi connectivity index (χ0) is 25.4. The van der Waals surface area contributed by atoms with Gasteiger partial charge in [-0.2, -0.15) is 0 Å². The molecule has 0 aliphatic rings. The third-order valence-electron chi connectivity index (χ3n) is 3.84. The molecule has 1 aromatic heterocycles. The zero-order valence-corrected chi connectivity index (χ0v) is 20.8. The number of hydrogen-bond acceptors (Lipinski definition) is 8. The lowest BCUT2D eigenvalue weighted by Gasteiger charge is -2.22. The number of aliphatic carboxylic acids is 2. The van der Waals surface area contributed by atoms with Crippen LogP contribution in [-0.4, -0.2) is 69.5 Å². The molecule has 1 aromatic rings. The van der Waals surface area contributed by atoms with E-state index in [9.17, 15) is 19.5 Å². The molecule has 1 amide bonds. The Morgan fingerprint density at radius 1 is 1.15 bits per heavy atom. The number of hydrogen-bond donors (Lipinski definition) is 5. The van der Waals surface area contributed by atoms with Crippen molar-refractivity contribution < 1.29 is 34.4 Å². The Bertz CT molecular complexity index is 741. The highest BCUT2D eigenvalue weighted by Gasteiger charge is 2.15. The van der Waals surface area contributed by atoms with Crippen LogP contribution in [0, 0.1) is 5.92 Å².